The Hall–Kier alpha value is -0.287. The minimum absolute atomic E-state index is 1.88. The molecule has 0 aromatic heterocycles. The number of hydrogen-bond donors (Lipinski definition) is 0. The molecule has 0 aliphatic heterocycles. The van der Waals surface area contributed by atoms with Gasteiger partial charge in [-0.2, -0.15) is 36.4 Å². The Balaban J connectivity index is 0.000000222. The van der Waals surface area contributed by atoms with Gasteiger partial charge in [-0.1, -0.05) is 0 Å². The molecule has 0 spiro atoms. The summed E-state index contributed by atoms with van der Waals surface area (Å²) in [6.07, 6.45) is 0. The molecule has 1 rings (SSSR count). The van der Waals surface area contributed by atoms with Gasteiger partial charge in [-0.05, 0) is 0 Å². The molecule has 0 radical (unpaired) electrons. The van der Waals surface area contributed by atoms with Crippen LogP contribution in [0, 0.1) is 6.07 Å². The number of benzene rings is 1. The van der Waals surface area contributed by atoms with E-state index >= 15 is 0 Å². The smallest absolute Gasteiger partial charge is 0.171 e. The van der Waals surface area contributed by atoms with Crippen molar-refractivity contribution in [2.45, 2.75) is 0 Å². The summed E-state index contributed by atoms with van der Waals surface area (Å²) in [5.41, 5.74) is 0. The van der Waals surface area contributed by atoms with E-state index in [4.69, 9.17) is 0 Å². The summed E-state index contributed by atoms with van der Waals surface area (Å²) < 4.78 is 0. The van der Waals surface area contributed by atoms with Crippen LogP contribution in [-0.2, 0) is 17.9 Å². The van der Waals surface area contributed by atoms with Crippen molar-refractivity contribution in [3.05, 3.63) is 36.4 Å². The second-order valence-electron chi connectivity index (χ2n) is 1.08. The van der Waals surface area contributed by atoms with Gasteiger partial charge in [0.2, 0.25) is 0 Å². The molecule has 0 N–H and O–H groups in total. The van der Waals surface area contributed by atoms with Crippen LogP contribution in [0.3, 0.4) is 0 Å². The van der Waals surface area contributed by atoms with E-state index in [1.54, 1.807) is 0 Å². The Bertz CT molecular complexity index is 87.2. The first kappa shape index (κ1) is 7.71. The molecule has 0 atom stereocenters. The third-order valence-corrected chi connectivity index (χ3v) is 0.607. The predicted molar refractivity (Wildman–Crippen MR) is 32.4 cm³/mol. The first-order valence-corrected chi connectivity index (χ1v) is 3.39. The molecule has 0 nitrogen and oxygen atoms in total. The molecule has 0 amide bonds. The van der Waals surface area contributed by atoms with Gasteiger partial charge < -0.3 is 0 Å². The monoisotopic (exact) mass is 193 g/mol. The van der Waals surface area contributed by atoms with Crippen LogP contribution >= 0.6 is 0 Å². The van der Waals surface area contributed by atoms with Crippen LogP contribution in [0.1, 0.15) is 0 Å². The van der Waals surface area contributed by atoms with Crippen LogP contribution in [-0.4, -0.2) is 5.11 Å². The van der Waals surface area contributed by atoms with Gasteiger partial charge in [-0.3, -0.25) is 0 Å². The predicted octanol–water partition coefficient (Wildman–Crippen LogP) is 1.45. The maximum atomic E-state index is 3.18. The zero-order valence-corrected chi connectivity index (χ0v) is 6.19. The summed E-state index contributed by atoms with van der Waals surface area (Å²) in [6, 6.07) is 12.5. The van der Waals surface area contributed by atoms with Crippen LogP contribution in [0.2, 0.25) is 0 Å². The molecule has 0 aliphatic rings. The maximum absolute atomic E-state index is 3.18. The zero-order valence-electron chi connectivity index (χ0n) is 4.45. The molecule has 8 heavy (non-hydrogen) atoms. The van der Waals surface area contributed by atoms with Crippen molar-refractivity contribution in [2.24, 2.45) is 0 Å². The van der Waals surface area contributed by atoms with Gasteiger partial charge in [-0.15, -0.1) is 0 Å². The number of hydrogen-bond acceptors (Lipinski definition) is 0. The summed E-state index contributed by atoms with van der Waals surface area (Å²) in [7, 11) is 0. The van der Waals surface area contributed by atoms with Gasteiger partial charge in [0, 0.05) is 0 Å². The normalized spacial score (nSPS) is 6.50. The molecule has 1 heteroatoms. The fourth-order valence-corrected chi connectivity index (χ4v) is 0.342. The topological polar surface area (TPSA) is 0 Å². The molecule has 0 saturated heterocycles. The molecule has 0 aliphatic carbocycles. The van der Waals surface area contributed by atoms with Gasteiger partial charge in [-0.25, -0.2) is 0 Å². The molecule has 0 unspecified atom stereocenters. The van der Waals surface area contributed by atoms with E-state index < -0.39 is 0 Å². The maximum Gasteiger partial charge on any atom is -0.171 e. The first-order chi connectivity index (χ1) is 4.00. The standard InChI is InChI=1S/C6H5.CH2.Ru/c1-2-4-6-5-3-1;;/h1-5H;1H2;/q-1;;+1. The molecule has 43 valence electrons. The molecular weight excluding hydrogens is 185 g/mol. The van der Waals surface area contributed by atoms with Crippen LogP contribution in [0.5, 0.6) is 0 Å². The summed E-state index contributed by atoms with van der Waals surface area (Å²) >= 11 is 2.10. The van der Waals surface area contributed by atoms with E-state index in [1.807, 2.05) is 30.3 Å². The van der Waals surface area contributed by atoms with Gasteiger partial charge in [0.1, 0.15) is 0 Å². The van der Waals surface area contributed by atoms with E-state index in [0.29, 0.717) is 0 Å². The van der Waals surface area contributed by atoms with Gasteiger partial charge >= 0.3 is 23.0 Å². The molecule has 1 aromatic carbocycles. The quantitative estimate of drug-likeness (QED) is 0.431. The minimum atomic E-state index is 1.88. The summed E-state index contributed by atoms with van der Waals surface area (Å²) in [5, 5.41) is 3.18. The fraction of sp³-hybridized carbons (Fsp3) is 0. The Morgan fingerprint density at radius 2 is 1.50 bits per heavy atom. The van der Waals surface area contributed by atoms with Crippen LogP contribution < -0.4 is 0 Å². The largest absolute Gasteiger partial charge is 0.184 e. The average Bonchev–Trinajstić information content (AvgIpc) is 1.96. The van der Waals surface area contributed by atoms with Gasteiger partial charge in [0.05, 0.1) is 0 Å². The van der Waals surface area contributed by atoms with E-state index in [-0.39, 0.29) is 0 Å². The van der Waals surface area contributed by atoms with Crippen LogP contribution in [0.25, 0.3) is 0 Å². The number of rotatable bonds is 0. The van der Waals surface area contributed by atoms with Gasteiger partial charge in [0.25, 0.3) is 0 Å². The van der Waals surface area contributed by atoms with Crippen LogP contribution in [0.15, 0.2) is 30.3 Å². The van der Waals surface area contributed by atoms with E-state index in [9.17, 15) is 0 Å². The Morgan fingerprint density at radius 3 is 1.62 bits per heavy atom. The van der Waals surface area contributed by atoms with E-state index in [2.05, 4.69) is 29.0 Å². The molecule has 0 heterocycles. The van der Waals surface area contributed by atoms with Crippen molar-refractivity contribution in [3.8, 4) is 0 Å². The summed E-state index contributed by atoms with van der Waals surface area (Å²) in [5.74, 6) is 0. The Labute approximate surface area is 59.7 Å². The molecule has 1 aromatic rings. The average molecular weight is 192 g/mol. The van der Waals surface area contributed by atoms with Crippen molar-refractivity contribution in [3.63, 3.8) is 0 Å². The molecule has 0 saturated carbocycles. The fourth-order valence-electron chi connectivity index (χ4n) is 0.342. The van der Waals surface area contributed by atoms with E-state index in [1.165, 1.54) is 0 Å². The van der Waals surface area contributed by atoms with Crippen molar-refractivity contribution in [1.29, 1.82) is 0 Å². The zero-order chi connectivity index (χ0) is 6.24. The Morgan fingerprint density at radius 1 is 1.00 bits per heavy atom. The molecular formula is C7H7Ru. The van der Waals surface area contributed by atoms with Crippen molar-refractivity contribution in [2.75, 3.05) is 0 Å². The SMILES string of the molecule is [CH2]=[Ru+].[c-]1ccccc1. The third kappa shape index (κ3) is 3.89. The summed E-state index contributed by atoms with van der Waals surface area (Å²) in [6.45, 7) is 0. The van der Waals surface area contributed by atoms with Crippen molar-refractivity contribution in [1.82, 2.24) is 0 Å². The van der Waals surface area contributed by atoms with Gasteiger partial charge in [0.15, 0.2) is 0 Å². The second-order valence-corrected chi connectivity index (χ2v) is 1.08. The van der Waals surface area contributed by atoms with Crippen LogP contribution in [0.4, 0.5) is 0 Å². The minimum Gasteiger partial charge on any atom is -0.184 e. The molecule has 0 bridgehead atoms. The molecule has 0 fully saturated rings. The second kappa shape index (κ2) is 6.71. The Kier molecular flexibility index (Phi) is 6.47. The van der Waals surface area contributed by atoms with Crippen molar-refractivity contribution >= 4 is 5.11 Å². The first-order valence-electron chi connectivity index (χ1n) is 2.16. The van der Waals surface area contributed by atoms with Crippen molar-refractivity contribution < 1.29 is 17.9 Å². The third-order valence-electron chi connectivity index (χ3n) is 0.607. The summed E-state index contributed by atoms with van der Waals surface area (Å²) in [4.78, 5) is 0. The van der Waals surface area contributed by atoms with E-state index in [0.717, 1.165) is 0 Å².